The van der Waals surface area contributed by atoms with Crippen molar-refractivity contribution in [2.45, 2.75) is 26.3 Å². The van der Waals surface area contributed by atoms with Crippen molar-refractivity contribution >= 4 is 11.9 Å². The monoisotopic (exact) mass is 203 g/mol. The Labute approximate surface area is 83.4 Å². The Kier molecular flexibility index (Phi) is 5.87. The molecule has 0 aromatic carbocycles. The molecule has 0 aliphatic rings. The van der Waals surface area contributed by atoms with Crippen molar-refractivity contribution in [3.05, 3.63) is 0 Å². The Bertz CT molecular complexity index is 205. The summed E-state index contributed by atoms with van der Waals surface area (Å²) in [7, 11) is 1.39. The smallest absolute Gasteiger partial charge is 0.326 e. The van der Waals surface area contributed by atoms with Crippen LogP contribution in [0.15, 0.2) is 0 Å². The van der Waals surface area contributed by atoms with E-state index in [4.69, 9.17) is 5.11 Å². The van der Waals surface area contributed by atoms with Gasteiger partial charge in [0.1, 0.15) is 12.6 Å². The van der Waals surface area contributed by atoms with Crippen molar-refractivity contribution in [2.75, 3.05) is 13.7 Å². The summed E-state index contributed by atoms with van der Waals surface area (Å²) < 4.78 is 4.59. The number of amides is 1. The minimum atomic E-state index is -1.01. The van der Waals surface area contributed by atoms with Gasteiger partial charge in [0, 0.05) is 7.11 Å². The highest BCUT2D eigenvalue weighted by atomic mass is 16.5. The summed E-state index contributed by atoms with van der Waals surface area (Å²) in [5.41, 5.74) is 0. The van der Waals surface area contributed by atoms with E-state index in [1.807, 2.05) is 6.92 Å². The van der Waals surface area contributed by atoms with Gasteiger partial charge in [-0.2, -0.15) is 0 Å². The van der Waals surface area contributed by atoms with Crippen LogP contribution in [0.1, 0.15) is 20.3 Å². The SMILES string of the molecule is CC[C@H](C)[C@H](NC(=O)COC)C(=O)O. The molecule has 0 unspecified atom stereocenters. The second kappa shape index (κ2) is 6.37. The van der Waals surface area contributed by atoms with Gasteiger partial charge in [-0.05, 0) is 5.92 Å². The summed E-state index contributed by atoms with van der Waals surface area (Å²) in [4.78, 5) is 21.9. The first-order chi connectivity index (χ1) is 6.52. The number of carbonyl (C=O) groups excluding carboxylic acids is 1. The van der Waals surface area contributed by atoms with Crippen LogP contribution in [0.3, 0.4) is 0 Å². The van der Waals surface area contributed by atoms with Gasteiger partial charge in [0.15, 0.2) is 0 Å². The Morgan fingerprint density at radius 1 is 1.50 bits per heavy atom. The minimum Gasteiger partial charge on any atom is -0.480 e. The summed E-state index contributed by atoms with van der Waals surface area (Å²) in [6.45, 7) is 3.55. The van der Waals surface area contributed by atoms with Crippen LogP contribution in [0.25, 0.3) is 0 Å². The van der Waals surface area contributed by atoms with Crippen LogP contribution < -0.4 is 5.32 Å². The molecule has 2 atom stereocenters. The molecule has 0 saturated heterocycles. The standard InChI is InChI=1S/C9H17NO4/c1-4-6(2)8(9(12)13)10-7(11)5-14-3/h6,8H,4-5H2,1-3H3,(H,10,11)(H,12,13)/t6-,8-/m0/s1. The molecule has 14 heavy (non-hydrogen) atoms. The highest BCUT2D eigenvalue weighted by Gasteiger charge is 2.24. The molecule has 5 nitrogen and oxygen atoms in total. The Morgan fingerprint density at radius 3 is 2.43 bits per heavy atom. The number of hydrogen-bond acceptors (Lipinski definition) is 3. The number of rotatable bonds is 6. The van der Waals surface area contributed by atoms with Gasteiger partial charge < -0.3 is 15.2 Å². The fourth-order valence-corrected chi connectivity index (χ4v) is 1.03. The number of methoxy groups -OCH3 is 1. The lowest BCUT2D eigenvalue weighted by atomic mass is 9.99. The zero-order valence-corrected chi connectivity index (χ0v) is 8.74. The van der Waals surface area contributed by atoms with Gasteiger partial charge in [0.05, 0.1) is 0 Å². The number of aliphatic carboxylic acids is 1. The number of nitrogens with one attached hydrogen (secondary N) is 1. The molecular formula is C9H17NO4. The summed E-state index contributed by atoms with van der Waals surface area (Å²) in [6.07, 6.45) is 0.699. The predicted molar refractivity (Wildman–Crippen MR) is 50.9 cm³/mol. The maximum atomic E-state index is 11.1. The maximum absolute atomic E-state index is 11.1. The molecule has 0 bridgehead atoms. The fraction of sp³-hybridized carbons (Fsp3) is 0.778. The summed E-state index contributed by atoms with van der Waals surface area (Å²) in [6, 6.07) is -0.831. The van der Waals surface area contributed by atoms with Crippen molar-refractivity contribution < 1.29 is 19.4 Å². The van der Waals surface area contributed by atoms with E-state index in [9.17, 15) is 9.59 Å². The van der Waals surface area contributed by atoms with Gasteiger partial charge in [0.2, 0.25) is 5.91 Å². The topological polar surface area (TPSA) is 75.6 Å². The second-order valence-corrected chi connectivity index (χ2v) is 3.20. The number of carbonyl (C=O) groups is 2. The van der Waals surface area contributed by atoms with Crippen LogP contribution in [0.2, 0.25) is 0 Å². The summed E-state index contributed by atoms with van der Waals surface area (Å²) in [5.74, 6) is -1.50. The summed E-state index contributed by atoms with van der Waals surface area (Å²) >= 11 is 0. The average Bonchev–Trinajstić information content (AvgIpc) is 2.13. The fourth-order valence-electron chi connectivity index (χ4n) is 1.03. The lowest BCUT2D eigenvalue weighted by molar-refractivity contribution is -0.143. The molecule has 0 saturated carbocycles. The molecule has 2 N–H and O–H groups in total. The number of ether oxygens (including phenoxy) is 1. The van der Waals surface area contributed by atoms with Gasteiger partial charge in [-0.1, -0.05) is 20.3 Å². The highest BCUT2D eigenvalue weighted by molar-refractivity contribution is 5.84. The largest absolute Gasteiger partial charge is 0.480 e. The quantitative estimate of drug-likeness (QED) is 0.648. The maximum Gasteiger partial charge on any atom is 0.326 e. The second-order valence-electron chi connectivity index (χ2n) is 3.20. The first-order valence-electron chi connectivity index (χ1n) is 4.54. The van der Waals surface area contributed by atoms with Crippen molar-refractivity contribution in [1.82, 2.24) is 5.32 Å². The highest BCUT2D eigenvalue weighted by Crippen LogP contribution is 2.07. The number of hydrogen-bond donors (Lipinski definition) is 2. The lowest BCUT2D eigenvalue weighted by Gasteiger charge is -2.19. The molecule has 0 spiro atoms. The van der Waals surface area contributed by atoms with Gasteiger partial charge in [-0.25, -0.2) is 4.79 Å². The molecular weight excluding hydrogens is 186 g/mol. The molecule has 0 aliphatic heterocycles. The molecule has 0 aliphatic carbocycles. The van der Waals surface area contributed by atoms with Crippen LogP contribution in [0.5, 0.6) is 0 Å². The third-order valence-corrected chi connectivity index (χ3v) is 2.07. The lowest BCUT2D eigenvalue weighted by Crippen LogP contribution is -2.46. The van der Waals surface area contributed by atoms with Crippen molar-refractivity contribution in [1.29, 1.82) is 0 Å². The van der Waals surface area contributed by atoms with E-state index < -0.39 is 17.9 Å². The molecule has 0 aromatic heterocycles. The van der Waals surface area contributed by atoms with E-state index in [1.54, 1.807) is 6.92 Å². The zero-order valence-electron chi connectivity index (χ0n) is 8.74. The van der Waals surface area contributed by atoms with E-state index in [2.05, 4.69) is 10.1 Å². The third kappa shape index (κ3) is 4.23. The van der Waals surface area contributed by atoms with Crippen LogP contribution in [-0.2, 0) is 14.3 Å². The van der Waals surface area contributed by atoms with Gasteiger partial charge in [-0.15, -0.1) is 0 Å². The van der Waals surface area contributed by atoms with Crippen LogP contribution in [0.4, 0.5) is 0 Å². The predicted octanol–water partition coefficient (Wildman–Crippen LogP) is 0.248. The molecule has 0 aromatic rings. The van der Waals surface area contributed by atoms with E-state index in [-0.39, 0.29) is 12.5 Å². The molecule has 0 fully saturated rings. The normalized spacial score (nSPS) is 14.5. The Hall–Kier alpha value is -1.10. The molecule has 0 radical (unpaired) electrons. The molecule has 0 heterocycles. The zero-order chi connectivity index (χ0) is 11.1. The van der Waals surface area contributed by atoms with Crippen LogP contribution in [0, 0.1) is 5.92 Å². The summed E-state index contributed by atoms with van der Waals surface area (Å²) in [5, 5.41) is 11.2. The van der Waals surface area contributed by atoms with Gasteiger partial charge >= 0.3 is 5.97 Å². The van der Waals surface area contributed by atoms with E-state index in [0.717, 1.165) is 0 Å². The Morgan fingerprint density at radius 2 is 2.07 bits per heavy atom. The third-order valence-electron chi connectivity index (χ3n) is 2.07. The average molecular weight is 203 g/mol. The molecule has 1 amide bonds. The first-order valence-corrected chi connectivity index (χ1v) is 4.54. The molecule has 82 valence electrons. The number of carboxylic acid groups (broad SMARTS) is 1. The van der Waals surface area contributed by atoms with E-state index in [0.29, 0.717) is 6.42 Å². The van der Waals surface area contributed by atoms with Crippen molar-refractivity contribution in [3.8, 4) is 0 Å². The Balaban J connectivity index is 4.23. The van der Waals surface area contributed by atoms with E-state index in [1.165, 1.54) is 7.11 Å². The molecule has 5 heteroatoms. The van der Waals surface area contributed by atoms with E-state index >= 15 is 0 Å². The van der Waals surface area contributed by atoms with Crippen molar-refractivity contribution in [2.24, 2.45) is 5.92 Å². The van der Waals surface area contributed by atoms with Gasteiger partial charge in [-0.3, -0.25) is 4.79 Å². The van der Waals surface area contributed by atoms with Crippen LogP contribution in [-0.4, -0.2) is 36.7 Å². The van der Waals surface area contributed by atoms with Gasteiger partial charge in [0.25, 0.3) is 0 Å². The number of carboxylic acids is 1. The van der Waals surface area contributed by atoms with Crippen LogP contribution >= 0.6 is 0 Å². The molecule has 0 rings (SSSR count). The first kappa shape index (κ1) is 12.9. The minimum absolute atomic E-state index is 0.0895. The van der Waals surface area contributed by atoms with Crippen molar-refractivity contribution in [3.63, 3.8) is 0 Å².